The van der Waals surface area contributed by atoms with Crippen LogP contribution in [0, 0.1) is 11.7 Å². The normalized spacial score (nSPS) is 18.5. The third kappa shape index (κ3) is 4.92. The zero-order chi connectivity index (χ0) is 22.2. The van der Waals surface area contributed by atoms with Crippen molar-refractivity contribution in [1.82, 2.24) is 9.80 Å². The van der Waals surface area contributed by atoms with Crippen molar-refractivity contribution in [1.29, 1.82) is 0 Å². The summed E-state index contributed by atoms with van der Waals surface area (Å²) in [5.41, 5.74) is 0.682. The van der Waals surface area contributed by atoms with Crippen LogP contribution < -0.4 is 4.74 Å². The van der Waals surface area contributed by atoms with Gasteiger partial charge in [-0.05, 0) is 81.3 Å². The molecule has 0 unspecified atom stereocenters. The molecule has 166 valence electrons. The van der Waals surface area contributed by atoms with Crippen LogP contribution in [-0.4, -0.2) is 46.8 Å². The Kier molecular flexibility index (Phi) is 6.06. The lowest BCUT2D eigenvalue weighted by Gasteiger charge is -2.40. The maximum absolute atomic E-state index is 13.4. The van der Waals surface area contributed by atoms with Crippen LogP contribution >= 0.6 is 11.3 Å². The topological polar surface area (TPSA) is 49.9 Å². The van der Waals surface area contributed by atoms with Crippen LogP contribution in [0.1, 0.15) is 50.1 Å². The minimum Gasteiger partial charge on any atom is -0.491 e. The Morgan fingerprint density at radius 1 is 1.19 bits per heavy atom. The molecule has 1 atom stereocenters. The molecule has 0 saturated heterocycles. The summed E-state index contributed by atoms with van der Waals surface area (Å²) in [6.07, 6.45) is 2.63. The molecule has 5 nitrogen and oxygen atoms in total. The van der Waals surface area contributed by atoms with E-state index in [1.807, 2.05) is 31.1 Å². The van der Waals surface area contributed by atoms with E-state index in [0.29, 0.717) is 12.3 Å². The summed E-state index contributed by atoms with van der Waals surface area (Å²) in [7, 11) is 0. The van der Waals surface area contributed by atoms with Gasteiger partial charge in [-0.15, -0.1) is 11.3 Å². The maximum Gasteiger partial charge on any atom is 0.242 e. The van der Waals surface area contributed by atoms with Gasteiger partial charge in [0.2, 0.25) is 11.8 Å². The molecular weight excluding hydrogens is 415 g/mol. The maximum atomic E-state index is 13.4. The third-order valence-corrected chi connectivity index (χ3v) is 6.93. The van der Waals surface area contributed by atoms with Gasteiger partial charge in [0, 0.05) is 22.9 Å². The summed E-state index contributed by atoms with van der Waals surface area (Å²) < 4.78 is 19.1. The van der Waals surface area contributed by atoms with Gasteiger partial charge in [0.15, 0.2) is 0 Å². The molecule has 4 rings (SSSR count). The number of amides is 2. The van der Waals surface area contributed by atoms with E-state index in [4.69, 9.17) is 4.74 Å². The molecule has 31 heavy (non-hydrogen) atoms. The molecule has 1 aliphatic heterocycles. The number of rotatable bonds is 6. The zero-order valence-corrected chi connectivity index (χ0v) is 19.1. The average molecular weight is 445 g/mol. The summed E-state index contributed by atoms with van der Waals surface area (Å²) in [5.74, 6) is 0.331. The Bertz CT molecular complexity index is 946. The van der Waals surface area contributed by atoms with Crippen molar-refractivity contribution in [2.75, 3.05) is 19.7 Å². The number of nitrogens with zero attached hydrogens (tertiary/aromatic N) is 2. The lowest BCUT2D eigenvalue weighted by atomic mass is 9.99. The van der Waals surface area contributed by atoms with E-state index in [1.54, 1.807) is 28.4 Å². The number of benzene rings is 1. The van der Waals surface area contributed by atoms with Gasteiger partial charge in [-0.3, -0.25) is 9.59 Å². The molecule has 1 aliphatic carbocycles. The molecule has 1 saturated carbocycles. The standard InChI is InChI=1S/C24H29FN2O3S/c1-24(2,3)27(23(29)16-4-5-16)14-22(28)26-12-10-21-19(11-13-31-21)20(26)15-30-18-8-6-17(25)7-9-18/h6-9,11,13,16,20H,4-5,10,12,14-15H2,1-3H3/t20-/m1/s1. The van der Waals surface area contributed by atoms with Crippen molar-refractivity contribution in [3.05, 3.63) is 52.0 Å². The highest BCUT2D eigenvalue weighted by Gasteiger charge is 2.40. The predicted octanol–water partition coefficient (Wildman–Crippen LogP) is 4.43. The van der Waals surface area contributed by atoms with Gasteiger partial charge in [-0.1, -0.05) is 0 Å². The largest absolute Gasteiger partial charge is 0.491 e. The molecule has 0 radical (unpaired) electrons. The first-order valence-corrected chi connectivity index (χ1v) is 11.7. The third-order valence-electron chi connectivity index (χ3n) is 5.93. The molecule has 2 heterocycles. The highest BCUT2D eigenvalue weighted by molar-refractivity contribution is 7.10. The van der Waals surface area contributed by atoms with Crippen LogP contribution in [0.25, 0.3) is 0 Å². The Morgan fingerprint density at radius 2 is 1.90 bits per heavy atom. The molecule has 0 spiro atoms. The molecule has 0 bridgehead atoms. The smallest absolute Gasteiger partial charge is 0.242 e. The van der Waals surface area contributed by atoms with Crippen LogP contribution in [0.5, 0.6) is 5.75 Å². The molecule has 1 aromatic heterocycles. The molecule has 2 aromatic rings. The van der Waals surface area contributed by atoms with Crippen molar-refractivity contribution in [2.24, 2.45) is 5.92 Å². The van der Waals surface area contributed by atoms with Gasteiger partial charge >= 0.3 is 0 Å². The number of hydrogen-bond acceptors (Lipinski definition) is 4. The van der Waals surface area contributed by atoms with E-state index < -0.39 is 5.54 Å². The summed E-state index contributed by atoms with van der Waals surface area (Å²) in [5, 5.41) is 2.04. The molecular formula is C24H29FN2O3S. The van der Waals surface area contributed by atoms with Gasteiger partial charge in [0.25, 0.3) is 0 Å². The van der Waals surface area contributed by atoms with Crippen LogP contribution in [0.4, 0.5) is 4.39 Å². The number of ether oxygens (including phenoxy) is 1. The fraction of sp³-hybridized carbons (Fsp3) is 0.500. The van der Waals surface area contributed by atoms with E-state index in [9.17, 15) is 14.0 Å². The van der Waals surface area contributed by atoms with Crippen molar-refractivity contribution in [3.63, 3.8) is 0 Å². The number of hydrogen-bond donors (Lipinski definition) is 0. The van der Waals surface area contributed by atoms with E-state index in [1.165, 1.54) is 17.0 Å². The van der Waals surface area contributed by atoms with Crippen molar-refractivity contribution in [2.45, 2.75) is 51.6 Å². The van der Waals surface area contributed by atoms with Gasteiger partial charge < -0.3 is 14.5 Å². The van der Waals surface area contributed by atoms with Crippen LogP contribution in [0.15, 0.2) is 35.7 Å². The predicted molar refractivity (Wildman–Crippen MR) is 119 cm³/mol. The zero-order valence-electron chi connectivity index (χ0n) is 18.3. The van der Waals surface area contributed by atoms with Gasteiger partial charge in [0.1, 0.15) is 24.7 Å². The Hall–Kier alpha value is -2.41. The number of carbonyl (C=O) groups is 2. The summed E-state index contributed by atoms with van der Waals surface area (Å²) in [4.78, 5) is 31.1. The summed E-state index contributed by atoms with van der Waals surface area (Å²) >= 11 is 1.69. The lowest BCUT2D eigenvalue weighted by Crippen LogP contribution is -2.53. The second-order valence-electron chi connectivity index (χ2n) is 9.29. The molecule has 2 aliphatic rings. The Morgan fingerprint density at radius 3 is 2.55 bits per heavy atom. The highest BCUT2D eigenvalue weighted by atomic mass is 32.1. The molecule has 2 amide bonds. The minimum absolute atomic E-state index is 0.0616. The fourth-order valence-electron chi connectivity index (χ4n) is 4.00. The summed E-state index contributed by atoms with van der Waals surface area (Å²) in [6, 6.07) is 7.72. The first kappa shape index (κ1) is 21.8. The van der Waals surface area contributed by atoms with Crippen LogP contribution in [0.3, 0.4) is 0 Å². The van der Waals surface area contributed by atoms with Crippen molar-refractivity contribution >= 4 is 23.2 Å². The van der Waals surface area contributed by atoms with Crippen molar-refractivity contribution < 1.29 is 18.7 Å². The Balaban J connectivity index is 1.52. The monoisotopic (exact) mass is 444 g/mol. The highest BCUT2D eigenvalue weighted by Crippen LogP contribution is 2.36. The number of halogens is 1. The van der Waals surface area contributed by atoms with E-state index in [2.05, 4.69) is 6.07 Å². The van der Waals surface area contributed by atoms with Gasteiger partial charge in [-0.25, -0.2) is 4.39 Å². The number of carbonyl (C=O) groups excluding carboxylic acids is 2. The summed E-state index contributed by atoms with van der Waals surface area (Å²) in [6.45, 7) is 6.88. The SMILES string of the molecule is CC(C)(C)N(CC(=O)N1CCc2sccc2[C@H]1COc1ccc(F)cc1)C(=O)C1CC1. The second-order valence-corrected chi connectivity index (χ2v) is 10.3. The van der Waals surface area contributed by atoms with E-state index in [0.717, 1.165) is 24.8 Å². The quantitative estimate of drug-likeness (QED) is 0.662. The van der Waals surface area contributed by atoms with Gasteiger partial charge in [-0.2, -0.15) is 0 Å². The first-order chi connectivity index (χ1) is 14.7. The van der Waals surface area contributed by atoms with Crippen molar-refractivity contribution in [3.8, 4) is 5.75 Å². The minimum atomic E-state index is -0.418. The molecule has 0 N–H and O–H groups in total. The van der Waals surface area contributed by atoms with Crippen LogP contribution in [-0.2, 0) is 16.0 Å². The Labute approximate surface area is 186 Å². The van der Waals surface area contributed by atoms with Gasteiger partial charge in [0.05, 0.1) is 6.04 Å². The van der Waals surface area contributed by atoms with Crippen LogP contribution in [0.2, 0.25) is 0 Å². The molecule has 7 heteroatoms. The average Bonchev–Trinajstić information content (AvgIpc) is 3.47. The number of thiophene rings is 1. The lowest BCUT2D eigenvalue weighted by molar-refractivity contribution is -0.147. The first-order valence-electron chi connectivity index (χ1n) is 10.8. The van der Waals surface area contributed by atoms with E-state index >= 15 is 0 Å². The molecule has 1 fully saturated rings. The number of fused-ring (bicyclic) bond motifs is 1. The second kappa shape index (κ2) is 8.61. The molecule has 1 aromatic carbocycles. The van der Waals surface area contributed by atoms with E-state index in [-0.39, 0.29) is 42.7 Å². The fourth-order valence-corrected chi connectivity index (χ4v) is 4.93.